The molecule has 0 aliphatic rings. The van der Waals surface area contributed by atoms with E-state index in [0.717, 1.165) is 11.3 Å². The quantitative estimate of drug-likeness (QED) is 0.300. The Bertz CT molecular complexity index is 1350. The molecule has 0 aliphatic heterocycles. The van der Waals surface area contributed by atoms with Gasteiger partial charge < -0.3 is 14.8 Å². The van der Waals surface area contributed by atoms with Crippen LogP contribution in [0.1, 0.15) is 45.0 Å². The van der Waals surface area contributed by atoms with Gasteiger partial charge in [0.1, 0.15) is 11.6 Å². The second-order valence-electron chi connectivity index (χ2n) is 7.92. The molecule has 35 heavy (non-hydrogen) atoms. The van der Waals surface area contributed by atoms with Crippen LogP contribution in [-0.2, 0) is 0 Å². The number of aromatic hydroxyl groups is 1. The summed E-state index contributed by atoms with van der Waals surface area (Å²) < 4.78 is 18.4. The van der Waals surface area contributed by atoms with Gasteiger partial charge >= 0.3 is 5.91 Å². The van der Waals surface area contributed by atoms with Gasteiger partial charge in [0.15, 0.2) is 0 Å². The Hall–Kier alpha value is -4.66. The number of halogens is 1. The van der Waals surface area contributed by atoms with Crippen molar-refractivity contribution in [1.82, 2.24) is 15.8 Å². The number of hydrogen-bond acceptors (Lipinski definition) is 6. The van der Waals surface area contributed by atoms with Crippen LogP contribution >= 0.6 is 0 Å². The van der Waals surface area contributed by atoms with Gasteiger partial charge in [0.05, 0.1) is 23.6 Å². The highest BCUT2D eigenvalue weighted by molar-refractivity contribution is 6.01. The number of carbonyl (C=O) groups excluding carboxylic acids is 2. The topological polar surface area (TPSA) is 116 Å². The van der Waals surface area contributed by atoms with Gasteiger partial charge in [-0.1, -0.05) is 6.07 Å². The number of rotatable bonds is 6. The highest BCUT2D eigenvalue weighted by Gasteiger charge is 2.19. The van der Waals surface area contributed by atoms with E-state index in [0.29, 0.717) is 16.8 Å². The first kappa shape index (κ1) is 23.5. The van der Waals surface area contributed by atoms with E-state index in [1.54, 1.807) is 37.4 Å². The van der Waals surface area contributed by atoms with Gasteiger partial charge in [0.2, 0.25) is 5.76 Å². The monoisotopic (exact) mass is 474 g/mol. The fraction of sp³-hybridized carbons (Fsp3) is 0.115. The Labute approximate surface area is 200 Å². The number of anilines is 1. The fourth-order valence-corrected chi connectivity index (χ4v) is 3.43. The number of phenols is 1. The number of benzene rings is 2. The van der Waals surface area contributed by atoms with Crippen molar-refractivity contribution in [3.63, 3.8) is 0 Å². The minimum Gasteiger partial charge on any atom is -0.508 e. The summed E-state index contributed by atoms with van der Waals surface area (Å²) in [5.74, 6) is -1.43. The maximum Gasteiger partial charge on any atom is 0.306 e. The molecule has 4 aromatic rings. The van der Waals surface area contributed by atoms with Gasteiger partial charge in [0, 0.05) is 17.4 Å². The summed E-state index contributed by atoms with van der Waals surface area (Å²) >= 11 is 0. The van der Waals surface area contributed by atoms with Crippen LogP contribution < -0.4 is 16.2 Å². The lowest BCUT2D eigenvalue weighted by atomic mass is 10.1. The minimum atomic E-state index is -0.647. The number of phenolic OH excluding ortho intramolecular Hbond substituents is 1. The smallest absolute Gasteiger partial charge is 0.306 e. The summed E-state index contributed by atoms with van der Waals surface area (Å²) in [4.78, 5) is 29.4. The Morgan fingerprint density at radius 1 is 1.00 bits per heavy atom. The lowest BCUT2D eigenvalue weighted by molar-refractivity contribution is 0.0831. The normalized spacial score (nSPS) is 11.5. The minimum absolute atomic E-state index is 0.00933. The van der Waals surface area contributed by atoms with Crippen molar-refractivity contribution in [1.29, 1.82) is 0 Å². The number of hydrazine groups is 1. The van der Waals surface area contributed by atoms with E-state index in [-0.39, 0.29) is 28.9 Å². The zero-order valence-corrected chi connectivity index (χ0v) is 19.0. The highest BCUT2D eigenvalue weighted by atomic mass is 19.1. The van der Waals surface area contributed by atoms with Crippen LogP contribution in [0.15, 0.2) is 77.5 Å². The van der Waals surface area contributed by atoms with Gasteiger partial charge in [-0.15, -0.1) is 0 Å². The van der Waals surface area contributed by atoms with Crippen LogP contribution in [-0.4, -0.2) is 21.9 Å². The average molecular weight is 474 g/mol. The third kappa shape index (κ3) is 5.47. The van der Waals surface area contributed by atoms with Crippen molar-refractivity contribution < 1.29 is 23.5 Å². The molecule has 2 aromatic heterocycles. The molecule has 0 saturated heterocycles. The summed E-state index contributed by atoms with van der Waals surface area (Å²) in [6, 6.07) is 15.6. The molecule has 2 heterocycles. The lowest BCUT2D eigenvalue weighted by Gasteiger charge is -2.15. The van der Waals surface area contributed by atoms with E-state index in [4.69, 9.17) is 4.42 Å². The summed E-state index contributed by atoms with van der Waals surface area (Å²) in [5, 5.41) is 12.9. The van der Waals surface area contributed by atoms with Crippen molar-refractivity contribution in [3.05, 3.63) is 101 Å². The van der Waals surface area contributed by atoms with Crippen molar-refractivity contribution in [2.75, 3.05) is 5.32 Å². The standard InChI is InChI=1S/C26H23FN4O4/c1-15-13-17(4-10-23(15)32)25(33)30-31-26(34)24-21(11-12-35-24)22-9-3-18(14-28-22)16(2)29-20-7-5-19(27)6-8-20/h3-14,16,29,32H,1-2H3,(H,30,33)(H,31,34). The molecular weight excluding hydrogens is 451 g/mol. The van der Waals surface area contributed by atoms with E-state index in [2.05, 4.69) is 21.2 Å². The molecule has 2 amide bonds. The molecule has 1 atom stereocenters. The molecule has 8 nitrogen and oxygen atoms in total. The predicted molar refractivity (Wildman–Crippen MR) is 128 cm³/mol. The molecular formula is C26H23FN4O4. The zero-order valence-electron chi connectivity index (χ0n) is 19.0. The van der Waals surface area contributed by atoms with E-state index in [9.17, 15) is 19.1 Å². The number of hydrogen-bond donors (Lipinski definition) is 4. The molecule has 0 spiro atoms. The Morgan fingerprint density at radius 2 is 1.74 bits per heavy atom. The first-order valence-electron chi connectivity index (χ1n) is 10.8. The average Bonchev–Trinajstić information content (AvgIpc) is 3.35. The van der Waals surface area contributed by atoms with Gasteiger partial charge in [-0.3, -0.25) is 25.4 Å². The predicted octanol–water partition coefficient (Wildman–Crippen LogP) is 4.74. The maximum absolute atomic E-state index is 13.1. The molecule has 2 aromatic carbocycles. The summed E-state index contributed by atoms with van der Waals surface area (Å²) in [6.07, 6.45) is 3.05. The molecule has 4 rings (SSSR count). The molecule has 178 valence electrons. The van der Waals surface area contributed by atoms with E-state index in [1.165, 1.54) is 36.6 Å². The summed E-state index contributed by atoms with van der Waals surface area (Å²) in [6.45, 7) is 3.62. The van der Waals surface area contributed by atoms with Gasteiger partial charge in [0.25, 0.3) is 5.91 Å². The van der Waals surface area contributed by atoms with Crippen molar-refractivity contribution >= 4 is 17.5 Å². The van der Waals surface area contributed by atoms with Crippen LogP contribution in [0.4, 0.5) is 10.1 Å². The van der Waals surface area contributed by atoms with Gasteiger partial charge in [-0.05, 0) is 79.6 Å². The van der Waals surface area contributed by atoms with Crippen LogP contribution in [0.2, 0.25) is 0 Å². The van der Waals surface area contributed by atoms with Crippen molar-refractivity contribution in [2.45, 2.75) is 19.9 Å². The van der Waals surface area contributed by atoms with E-state index >= 15 is 0 Å². The second kappa shape index (κ2) is 10.1. The molecule has 4 N–H and O–H groups in total. The molecule has 0 bridgehead atoms. The van der Waals surface area contributed by atoms with Gasteiger partial charge in [-0.2, -0.15) is 0 Å². The van der Waals surface area contributed by atoms with Gasteiger partial charge in [-0.25, -0.2) is 4.39 Å². The van der Waals surface area contributed by atoms with Crippen LogP contribution in [0, 0.1) is 12.7 Å². The Morgan fingerprint density at radius 3 is 2.43 bits per heavy atom. The number of nitrogens with one attached hydrogen (secondary N) is 3. The number of aromatic nitrogens is 1. The van der Waals surface area contributed by atoms with E-state index in [1.807, 2.05) is 13.0 Å². The van der Waals surface area contributed by atoms with Crippen LogP contribution in [0.3, 0.4) is 0 Å². The number of nitrogens with zero attached hydrogens (tertiary/aromatic N) is 1. The number of amides is 2. The number of pyridine rings is 1. The highest BCUT2D eigenvalue weighted by Crippen LogP contribution is 2.25. The van der Waals surface area contributed by atoms with Crippen LogP contribution in [0.25, 0.3) is 11.3 Å². The third-order valence-electron chi connectivity index (χ3n) is 5.41. The number of carbonyl (C=O) groups is 2. The fourth-order valence-electron chi connectivity index (χ4n) is 3.43. The first-order valence-corrected chi connectivity index (χ1v) is 10.8. The third-order valence-corrected chi connectivity index (χ3v) is 5.41. The number of furan rings is 1. The summed E-state index contributed by atoms with van der Waals surface area (Å²) in [7, 11) is 0. The van der Waals surface area contributed by atoms with Crippen LogP contribution in [0.5, 0.6) is 5.75 Å². The Balaban J connectivity index is 1.41. The molecule has 0 aliphatic carbocycles. The largest absolute Gasteiger partial charge is 0.508 e. The molecule has 0 fully saturated rings. The molecule has 9 heteroatoms. The SMILES string of the molecule is Cc1cc(C(=O)NNC(=O)c2occc2-c2ccc(C(C)Nc3ccc(F)cc3)cn2)ccc1O. The molecule has 1 unspecified atom stereocenters. The number of aryl methyl sites for hydroxylation is 1. The first-order chi connectivity index (χ1) is 16.8. The molecule has 0 radical (unpaired) electrons. The maximum atomic E-state index is 13.1. The molecule has 0 saturated carbocycles. The van der Waals surface area contributed by atoms with Crippen molar-refractivity contribution in [2.24, 2.45) is 0 Å². The van der Waals surface area contributed by atoms with E-state index < -0.39 is 11.8 Å². The van der Waals surface area contributed by atoms with Crippen molar-refractivity contribution in [3.8, 4) is 17.0 Å². The lowest BCUT2D eigenvalue weighted by Crippen LogP contribution is -2.41. The second-order valence-corrected chi connectivity index (χ2v) is 7.92. The Kier molecular flexibility index (Phi) is 6.77. The summed E-state index contributed by atoms with van der Waals surface area (Å²) in [5.41, 5.74) is 8.12. The zero-order chi connectivity index (χ0) is 24.9.